The van der Waals surface area contributed by atoms with Gasteiger partial charge in [-0.1, -0.05) is 12.1 Å². The maximum Gasteiger partial charge on any atom is 0.251 e. The van der Waals surface area contributed by atoms with E-state index in [1.165, 1.54) is 0 Å². The molecule has 1 amide bonds. The smallest absolute Gasteiger partial charge is 0.251 e. The molecule has 2 aromatic heterocycles. The number of para-hydroxylation sites is 2. The van der Waals surface area contributed by atoms with Gasteiger partial charge in [-0.05, 0) is 54.8 Å². The first-order chi connectivity index (χ1) is 14.7. The van der Waals surface area contributed by atoms with E-state index in [0.717, 1.165) is 46.5 Å². The van der Waals surface area contributed by atoms with E-state index in [1.54, 1.807) is 18.9 Å². The zero-order chi connectivity index (χ0) is 20.9. The Bertz CT molecular complexity index is 1120. The highest BCUT2D eigenvalue weighted by Gasteiger charge is 2.19. The lowest BCUT2D eigenvalue weighted by Gasteiger charge is -2.16. The van der Waals surface area contributed by atoms with Crippen LogP contribution >= 0.6 is 11.8 Å². The number of carbonyl (C=O) groups excluding carboxylic acids is 1. The Morgan fingerprint density at radius 3 is 2.93 bits per heavy atom. The zero-order valence-electron chi connectivity index (χ0n) is 17.2. The minimum atomic E-state index is -0.167. The van der Waals surface area contributed by atoms with Crippen molar-refractivity contribution in [2.45, 2.75) is 19.0 Å². The van der Waals surface area contributed by atoms with Crippen molar-refractivity contribution in [2.24, 2.45) is 0 Å². The third kappa shape index (κ3) is 4.37. The van der Waals surface area contributed by atoms with Crippen molar-refractivity contribution in [2.75, 3.05) is 25.7 Å². The maximum absolute atomic E-state index is 13.0. The van der Waals surface area contributed by atoms with Gasteiger partial charge in [0, 0.05) is 36.3 Å². The van der Waals surface area contributed by atoms with Crippen LogP contribution in [0.5, 0.6) is 0 Å². The molecule has 4 aromatic rings. The van der Waals surface area contributed by atoms with Crippen molar-refractivity contribution < 1.29 is 9.53 Å². The van der Waals surface area contributed by atoms with Gasteiger partial charge < -0.3 is 19.6 Å². The fraction of sp³-hybridized carbons (Fsp3) is 0.304. The highest BCUT2D eigenvalue weighted by atomic mass is 32.2. The third-order valence-electron chi connectivity index (χ3n) is 5.22. The Labute approximate surface area is 180 Å². The van der Waals surface area contributed by atoms with Crippen molar-refractivity contribution in [3.63, 3.8) is 0 Å². The highest BCUT2D eigenvalue weighted by Crippen LogP contribution is 2.22. The van der Waals surface area contributed by atoms with Crippen molar-refractivity contribution in [3.8, 4) is 0 Å². The summed E-state index contributed by atoms with van der Waals surface area (Å²) in [6, 6.07) is 15.6. The van der Waals surface area contributed by atoms with Gasteiger partial charge in [0.05, 0.1) is 23.7 Å². The largest absolute Gasteiger partial charge is 0.383 e. The number of methoxy groups -OCH3 is 1. The monoisotopic (exact) mass is 422 g/mol. The minimum Gasteiger partial charge on any atom is -0.383 e. The van der Waals surface area contributed by atoms with Gasteiger partial charge in [0.15, 0.2) is 0 Å². The number of H-pyrrole nitrogens is 1. The molecule has 0 aliphatic heterocycles. The number of carbonyl (C=O) groups is 1. The molecule has 7 heteroatoms. The summed E-state index contributed by atoms with van der Waals surface area (Å²) in [4.78, 5) is 21.1. The molecule has 0 saturated carbocycles. The van der Waals surface area contributed by atoms with Crippen molar-refractivity contribution in [1.29, 1.82) is 0 Å². The van der Waals surface area contributed by atoms with E-state index in [9.17, 15) is 4.79 Å². The summed E-state index contributed by atoms with van der Waals surface area (Å²) >= 11 is 1.76. The Morgan fingerprint density at radius 1 is 1.27 bits per heavy atom. The second-order valence-electron chi connectivity index (χ2n) is 7.22. The summed E-state index contributed by atoms with van der Waals surface area (Å²) in [7, 11) is 1.70. The van der Waals surface area contributed by atoms with Gasteiger partial charge in [0.25, 0.3) is 5.91 Å². The average Bonchev–Trinajstić information content (AvgIpc) is 3.38. The number of hydrogen-bond acceptors (Lipinski definition) is 4. The molecule has 0 aliphatic carbocycles. The van der Waals surface area contributed by atoms with E-state index in [4.69, 9.17) is 9.72 Å². The molecule has 156 valence electrons. The summed E-state index contributed by atoms with van der Waals surface area (Å²) in [6.07, 6.45) is 4.91. The fourth-order valence-corrected chi connectivity index (χ4v) is 4.09. The third-order valence-corrected chi connectivity index (χ3v) is 5.87. The van der Waals surface area contributed by atoms with E-state index in [-0.39, 0.29) is 11.9 Å². The average molecular weight is 423 g/mol. The molecule has 0 fully saturated rings. The first-order valence-corrected chi connectivity index (χ1v) is 11.4. The number of benzene rings is 2. The van der Waals surface area contributed by atoms with Gasteiger partial charge in [-0.15, -0.1) is 0 Å². The number of nitrogens with one attached hydrogen (secondary N) is 2. The first-order valence-electron chi connectivity index (χ1n) is 10.0. The topological polar surface area (TPSA) is 71.9 Å². The van der Waals surface area contributed by atoms with Gasteiger partial charge in [-0.3, -0.25) is 4.79 Å². The van der Waals surface area contributed by atoms with Crippen LogP contribution in [0.2, 0.25) is 0 Å². The van der Waals surface area contributed by atoms with E-state index < -0.39 is 0 Å². The predicted molar refractivity (Wildman–Crippen MR) is 123 cm³/mol. The number of rotatable bonds is 9. The van der Waals surface area contributed by atoms with Crippen molar-refractivity contribution in [1.82, 2.24) is 19.9 Å². The van der Waals surface area contributed by atoms with Crippen LogP contribution in [0, 0.1) is 0 Å². The molecule has 0 aliphatic rings. The lowest BCUT2D eigenvalue weighted by atomic mass is 10.1. The van der Waals surface area contributed by atoms with E-state index in [0.29, 0.717) is 12.2 Å². The molecular weight excluding hydrogens is 396 g/mol. The minimum absolute atomic E-state index is 0.0897. The number of thioether (sulfide) groups is 1. The fourth-order valence-electron chi connectivity index (χ4n) is 3.62. The molecule has 6 nitrogen and oxygen atoms in total. The summed E-state index contributed by atoms with van der Waals surface area (Å²) in [5, 5.41) is 4.22. The molecule has 30 heavy (non-hydrogen) atoms. The quantitative estimate of drug-likeness (QED) is 0.420. The van der Waals surface area contributed by atoms with Gasteiger partial charge in [-0.2, -0.15) is 11.8 Å². The molecule has 1 atom stereocenters. The van der Waals surface area contributed by atoms with Crippen LogP contribution in [0.25, 0.3) is 21.9 Å². The first kappa shape index (κ1) is 20.5. The van der Waals surface area contributed by atoms with Crippen LogP contribution in [0.3, 0.4) is 0 Å². The van der Waals surface area contributed by atoms with Crippen LogP contribution in [0.4, 0.5) is 0 Å². The van der Waals surface area contributed by atoms with Gasteiger partial charge in [0.1, 0.15) is 5.82 Å². The molecule has 4 rings (SSSR count). The number of aromatic nitrogens is 3. The summed E-state index contributed by atoms with van der Waals surface area (Å²) < 4.78 is 7.31. The molecule has 0 unspecified atom stereocenters. The molecule has 0 spiro atoms. The molecular formula is C23H26N4O2S. The number of amides is 1. The predicted octanol–water partition coefficient (Wildman–Crippen LogP) is 4.39. The van der Waals surface area contributed by atoms with Crippen LogP contribution in [0.1, 0.15) is 28.6 Å². The van der Waals surface area contributed by atoms with Crippen LogP contribution in [-0.2, 0) is 11.3 Å². The number of fused-ring (bicyclic) bond motifs is 2. The Hall–Kier alpha value is -2.77. The van der Waals surface area contributed by atoms with Gasteiger partial charge >= 0.3 is 0 Å². The number of imidazole rings is 1. The Morgan fingerprint density at radius 2 is 2.13 bits per heavy atom. The van der Waals surface area contributed by atoms with Crippen LogP contribution < -0.4 is 5.32 Å². The lowest BCUT2D eigenvalue weighted by molar-refractivity contribution is 0.0934. The van der Waals surface area contributed by atoms with Crippen molar-refractivity contribution >= 4 is 39.6 Å². The summed E-state index contributed by atoms with van der Waals surface area (Å²) in [5.41, 5.74) is 3.64. The van der Waals surface area contributed by atoms with Crippen molar-refractivity contribution in [3.05, 3.63) is 66.1 Å². The number of aromatic amines is 1. The Balaban J connectivity index is 1.55. The molecule has 0 bridgehead atoms. The van der Waals surface area contributed by atoms with Gasteiger partial charge in [-0.25, -0.2) is 4.98 Å². The SMILES string of the molecule is COCCn1ccc2cc(C(=O)N[C@@H](CCSC)c3nc4ccccc4[nH]3)ccc21. The van der Waals surface area contributed by atoms with Gasteiger partial charge in [0.2, 0.25) is 0 Å². The number of nitrogens with zero attached hydrogens (tertiary/aromatic N) is 2. The molecule has 2 heterocycles. The number of ether oxygens (including phenoxy) is 1. The van der Waals surface area contributed by atoms with Crippen LogP contribution in [0.15, 0.2) is 54.7 Å². The standard InChI is InChI=1S/C23H26N4O2S/c1-29-13-12-27-11-9-16-15-17(7-8-21(16)27)23(28)26-20(10-14-30-2)22-24-18-5-3-4-6-19(18)25-22/h3-9,11,15,20H,10,12-14H2,1-2H3,(H,24,25)(H,26,28)/t20-/m0/s1. The molecule has 0 radical (unpaired) electrons. The second kappa shape index (κ2) is 9.36. The second-order valence-corrected chi connectivity index (χ2v) is 8.21. The molecule has 2 N–H and O–H groups in total. The lowest BCUT2D eigenvalue weighted by Crippen LogP contribution is -2.29. The molecule has 0 saturated heterocycles. The van der Waals surface area contributed by atoms with E-state index in [2.05, 4.69) is 21.1 Å². The summed E-state index contributed by atoms with van der Waals surface area (Å²) in [5.74, 6) is 1.64. The number of hydrogen-bond donors (Lipinski definition) is 2. The van der Waals surface area contributed by atoms with E-state index in [1.807, 2.05) is 54.7 Å². The Kier molecular flexibility index (Phi) is 6.40. The zero-order valence-corrected chi connectivity index (χ0v) is 18.0. The van der Waals surface area contributed by atoms with E-state index >= 15 is 0 Å². The summed E-state index contributed by atoms with van der Waals surface area (Å²) in [6.45, 7) is 1.44. The highest BCUT2D eigenvalue weighted by molar-refractivity contribution is 7.98. The molecule has 2 aromatic carbocycles. The normalized spacial score (nSPS) is 12.5. The maximum atomic E-state index is 13.0. The van der Waals surface area contributed by atoms with Crippen LogP contribution in [-0.4, -0.2) is 46.2 Å².